The molecular weight excluding hydrogens is 361 g/mol. The van der Waals surface area contributed by atoms with Crippen molar-refractivity contribution in [2.45, 2.75) is 18.2 Å². The van der Waals surface area contributed by atoms with Crippen molar-refractivity contribution in [1.82, 2.24) is 0 Å². The molecular formula is C18H14FNO5S. The third-order valence-electron chi connectivity index (χ3n) is 3.79. The lowest BCUT2D eigenvalue weighted by atomic mass is 10.1. The van der Waals surface area contributed by atoms with Crippen LogP contribution >= 0.6 is 0 Å². The van der Waals surface area contributed by atoms with Gasteiger partial charge in [-0.1, -0.05) is 12.2 Å². The van der Waals surface area contributed by atoms with E-state index in [9.17, 15) is 22.9 Å². The van der Waals surface area contributed by atoms with Crippen LogP contribution in [-0.4, -0.2) is 13.3 Å². The molecule has 8 heteroatoms. The van der Waals surface area contributed by atoms with Gasteiger partial charge >= 0.3 is 0 Å². The molecule has 3 rings (SSSR count). The topological polar surface area (TPSA) is 86.5 Å². The van der Waals surface area contributed by atoms with Gasteiger partial charge < -0.3 is 4.74 Å². The Morgan fingerprint density at radius 1 is 1.23 bits per heavy atom. The average molecular weight is 375 g/mol. The number of allylic oxidation sites excluding steroid dienone is 2. The van der Waals surface area contributed by atoms with Crippen molar-refractivity contribution in [3.05, 3.63) is 81.0 Å². The Morgan fingerprint density at radius 2 is 1.88 bits per heavy atom. The quantitative estimate of drug-likeness (QED) is 0.453. The monoisotopic (exact) mass is 375 g/mol. The molecule has 0 radical (unpaired) electrons. The third-order valence-corrected chi connectivity index (χ3v) is 5.68. The van der Waals surface area contributed by atoms with Crippen molar-refractivity contribution in [3.8, 4) is 5.75 Å². The summed E-state index contributed by atoms with van der Waals surface area (Å²) >= 11 is 0. The first-order valence-corrected chi connectivity index (χ1v) is 9.03. The molecule has 0 saturated heterocycles. The number of non-ortho nitro benzene ring substituents is 1. The average Bonchev–Trinajstić information content (AvgIpc) is 2.57. The van der Waals surface area contributed by atoms with E-state index in [2.05, 4.69) is 6.58 Å². The number of hydrogen-bond donors (Lipinski definition) is 0. The van der Waals surface area contributed by atoms with E-state index in [4.69, 9.17) is 4.74 Å². The van der Waals surface area contributed by atoms with E-state index in [0.29, 0.717) is 11.1 Å². The highest BCUT2D eigenvalue weighted by Gasteiger charge is 2.35. The first-order valence-electron chi connectivity index (χ1n) is 7.55. The number of halogens is 1. The maximum absolute atomic E-state index is 13.2. The number of fused-ring (bicyclic) bond motifs is 1. The molecule has 26 heavy (non-hydrogen) atoms. The second-order valence-electron chi connectivity index (χ2n) is 5.89. The Bertz CT molecular complexity index is 1060. The van der Waals surface area contributed by atoms with Gasteiger partial charge in [-0.3, -0.25) is 10.1 Å². The molecule has 0 amide bonds. The molecule has 0 bridgehead atoms. The van der Waals surface area contributed by atoms with Crippen molar-refractivity contribution in [2.75, 3.05) is 0 Å². The van der Waals surface area contributed by atoms with Crippen LogP contribution in [0.15, 0.2) is 64.4 Å². The summed E-state index contributed by atoms with van der Waals surface area (Å²) in [6.45, 7) is 5.42. The lowest BCUT2D eigenvalue weighted by Crippen LogP contribution is -2.17. The predicted octanol–water partition coefficient (Wildman–Crippen LogP) is 4.24. The summed E-state index contributed by atoms with van der Waals surface area (Å²) in [4.78, 5) is 10.2. The van der Waals surface area contributed by atoms with E-state index in [0.717, 1.165) is 18.2 Å². The summed E-state index contributed by atoms with van der Waals surface area (Å²) in [5, 5.41) is 11.0. The van der Waals surface area contributed by atoms with Crippen LogP contribution in [0.3, 0.4) is 0 Å². The molecule has 0 aliphatic carbocycles. The van der Waals surface area contributed by atoms with E-state index < -0.39 is 20.6 Å². The van der Waals surface area contributed by atoms with Gasteiger partial charge in [-0.2, -0.15) is 0 Å². The molecule has 0 unspecified atom stereocenters. The molecule has 2 aromatic rings. The minimum Gasteiger partial charge on any atom is -0.454 e. The first kappa shape index (κ1) is 17.8. The minimum atomic E-state index is -3.95. The molecule has 1 aliphatic rings. The second-order valence-corrected chi connectivity index (χ2v) is 7.83. The highest BCUT2D eigenvalue weighted by atomic mass is 32.2. The molecule has 134 valence electrons. The molecule has 0 fully saturated rings. The molecule has 1 aliphatic heterocycles. The van der Waals surface area contributed by atoms with Crippen molar-refractivity contribution >= 4 is 21.3 Å². The van der Waals surface area contributed by atoms with E-state index in [1.807, 2.05) is 0 Å². The number of nitro benzene ring substituents is 1. The van der Waals surface area contributed by atoms with Crippen molar-refractivity contribution in [2.24, 2.45) is 0 Å². The molecule has 0 atom stereocenters. The van der Waals surface area contributed by atoms with Gasteiger partial charge in [0, 0.05) is 18.1 Å². The number of nitro groups is 1. The molecule has 6 nitrogen and oxygen atoms in total. The molecule has 0 saturated carbocycles. The molecule has 0 N–H and O–H groups in total. The van der Waals surface area contributed by atoms with Crippen molar-refractivity contribution in [3.63, 3.8) is 0 Å². The van der Waals surface area contributed by atoms with Crippen LogP contribution in [0.5, 0.6) is 5.75 Å². The van der Waals surface area contributed by atoms with Gasteiger partial charge in [-0.15, -0.1) is 0 Å². The molecule has 2 aromatic carbocycles. The van der Waals surface area contributed by atoms with Crippen LogP contribution in [0.4, 0.5) is 10.1 Å². The SMILES string of the molecule is C=C(C)CC1=C(c2ccc(F)cc2)Oc2cc([N+](=O)[O-])ccc2S1(=O)=O. The van der Waals surface area contributed by atoms with Gasteiger partial charge in [-0.05, 0) is 37.3 Å². The summed E-state index contributed by atoms with van der Waals surface area (Å²) in [6.07, 6.45) is 0.0332. The Hall–Kier alpha value is -3.00. The Labute approximate surface area is 149 Å². The maximum Gasteiger partial charge on any atom is 0.273 e. The second kappa shape index (κ2) is 6.38. The maximum atomic E-state index is 13.2. The fourth-order valence-corrected chi connectivity index (χ4v) is 4.32. The van der Waals surface area contributed by atoms with E-state index >= 15 is 0 Å². The van der Waals surface area contributed by atoms with Crippen LogP contribution in [0.25, 0.3) is 5.76 Å². The molecule has 0 aromatic heterocycles. The Morgan fingerprint density at radius 3 is 2.46 bits per heavy atom. The van der Waals surface area contributed by atoms with Crippen LogP contribution in [0, 0.1) is 15.9 Å². The number of benzene rings is 2. The number of nitrogens with zero attached hydrogens (tertiary/aromatic N) is 1. The number of ether oxygens (including phenoxy) is 1. The normalized spacial score (nSPS) is 15.2. The lowest BCUT2D eigenvalue weighted by molar-refractivity contribution is -0.385. The Balaban J connectivity index is 2.25. The minimum absolute atomic E-state index is 0.0148. The summed E-state index contributed by atoms with van der Waals surface area (Å²) < 4.78 is 45.1. The van der Waals surface area contributed by atoms with Gasteiger partial charge in [0.15, 0.2) is 5.75 Å². The predicted molar refractivity (Wildman–Crippen MR) is 93.7 cm³/mol. The lowest BCUT2D eigenvalue weighted by Gasteiger charge is -2.24. The summed E-state index contributed by atoms with van der Waals surface area (Å²) in [6, 6.07) is 8.47. The number of hydrogen-bond acceptors (Lipinski definition) is 5. The molecule has 0 spiro atoms. The summed E-state index contributed by atoms with van der Waals surface area (Å²) in [5.41, 5.74) is 0.654. The molecule has 1 heterocycles. The van der Waals surface area contributed by atoms with Crippen LogP contribution in [0.1, 0.15) is 18.9 Å². The third kappa shape index (κ3) is 3.11. The van der Waals surface area contributed by atoms with Crippen molar-refractivity contribution in [1.29, 1.82) is 0 Å². The Kier molecular flexibility index (Phi) is 4.37. The van der Waals surface area contributed by atoms with Gasteiger partial charge in [-0.25, -0.2) is 12.8 Å². The highest BCUT2D eigenvalue weighted by molar-refractivity contribution is 7.95. The zero-order chi connectivity index (χ0) is 19.1. The smallest absolute Gasteiger partial charge is 0.273 e. The highest BCUT2D eigenvalue weighted by Crippen LogP contribution is 2.43. The van der Waals surface area contributed by atoms with Crippen LogP contribution in [-0.2, 0) is 9.84 Å². The zero-order valence-electron chi connectivity index (χ0n) is 13.7. The number of sulfone groups is 1. The largest absolute Gasteiger partial charge is 0.454 e. The number of rotatable bonds is 4. The fraction of sp³-hybridized carbons (Fsp3) is 0.111. The van der Waals surface area contributed by atoms with Crippen LogP contribution in [0.2, 0.25) is 0 Å². The summed E-state index contributed by atoms with van der Waals surface area (Å²) in [7, 11) is -3.95. The van der Waals surface area contributed by atoms with E-state index in [1.165, 1.54) is 24.3 Å². The van der Waals surface area contributed by atoms with Crippen LogP contribution < -0.4 is 4.74 Å². The fourth-order valence-electron chi connectivity index (χ4n) is 2.60. The van der Waals surface area contributed by atoms with E-state index in [1.54, 1.807) is 6.92 Å². The first-order chi connectivity index (χ1) is 12.2. The van der Waals surface area contributed by atoms with Crippen molar-refractivity contribution < 1.29 is 22.5 Å². The van der Waals surface area contributed by atoms with Gasteiger partial charge in [0.1, 0.15) is 16.5 Å². The summed E-state index contributed by atoms with van der Waals surface area (Å²) in [5.74, 6) is -0.601. The van der Waals surface area contributed by atoms with Gasteiger partial charge in [0.25, 0.3) is 5.69 Å². The standard InChI is InChI=1S/C18H14FNO5S/c1-11(2)9-17-18(12-3-5-13(19)6-4-12)25-15-10-14(20(21)22)7-8-16(15)26(17,23)24/h3-8,10H,1,9H2,2H3. The van der Waals surface area contributed by atoms with E-state index in [-0.39, 0.29) is 33.4 Å². The van der Waals surface area contributed by atoms with Gasteiger partial charge in [0.2, 0.25) is 9.84 Å². The zero-order valence-corrected chi connectivity index (χ0v) is 14.5. The van der Waals surface area contributed by atoms with Gasteiger partial charge in [0.05, 0.1) is 15.9 Å².